The quantitative estimate of drug-likeness (QED) is 0.537. The summed E-state index contributed by atoms with van der Waals surface area (Å²) in [6, 6.07) is 0. The number of rotatable bonds is 1. The molecule has 0 bridgehead atoms. The highest BCUT2D eigenvalue weighted by Crippen LogP contribution is 2.12. The van der Waals surface area contributed by atoms with Crippen molar-refractivity contribution in [2.45, 2.75) is 12.8 Å². The van der Waals surface area contributed by atoms with Gasteiger partial charge in [-0.3, -0.25) is 0 Å². The van der Waals surface area contributed by atoms with E-state index in [1.54, 1.807) is 0 Å². The number of nitrogens with two attached hydrogens (primary N) is 1. The molecule has 0 unspecified atom stereocenters. The Morgan fingerprint density at radius 1 is 1.44 bits per heavy atom. The molecule has 0 amide bonds. The van der Waals surface area contributed by atoms with Crippen LogP contribution < -0.4 is 5.73 Å². The van der Waals surface area contributed by atoms with E-state index < -0.39 is 0 Å². The highest BCUT2D eigenvalue weighted by Gasteiger charge is 2.01. The van der Waals surface area contributed by atoms with Crippen molar-refractivity contribution in [3.05, 3.63) is 23.4 Å². The molecule has 0 aliphatic heterocycles. The van der Waals surface area contributed by atoms with E-state index in [2.05, 4.69) is 0 Å². The van der Waals surface area contributed by atoms with Crippen LogP contribution in [0.25, 0.3) is 0 Å². The minimum Gasteiger partial charge on any atom is -0.399 e. The lowest BCUT2D eigenvalue weighted by molar-refractivity contribution is 0.332. The zero-order valence-electron chi connectivity index (χ0n) is 5.30. The van der Waals surface area contributed by atoms with Crippen LogP contribution in [0, 0.1) is 0 Å². The molecule has 0 spiro atoms. The van der Waals surface area contributed by atoms with Crippen molar-refractivity contribution in [3.63, 3.8) is 0 Å². The Morgan fingerprint density at radius 3 is 2.56 bits per heavy atom. The van der Waals surface area contributed by atoms with E-state index in [9.17, 15) is 0 Å². The molecule has 2 heteroatoms. The topological polar surface area (TPSA) is 46.2 Å². The molecule has 0 radical (unpaired) electrons. The smallest absolute Gasteiger partial charge is 0.0698 e. The fourth-order valence-electron chi connectivity index (χ4n) is 0.901. The average Bonchev–Trinajstić information content (AvgIpc) is 1.89. The van der Waals surface area contributed by atoms with Gasteiger partial charge in [0.1, 0.15) is 0 Å². The molecular formula is C7H11NO. The van der Waals surface area contributed by atoms with Gasteiger partial charge in [-0.25, -0.2) is 0 Å². The second-order valence-electron chi connectivity index (χ2n) is 2.12. The number of hydrogen-bond acceptors (Lipinski definition) is 2. The van der Waals surface area contributed by atoms with Crippen molar-refractivity contribution in [1.82, 2.24) is 0 Å². The van der Waals surface area contributed by atoms with Crippen LogP contribution in [0.3, 0.4) is 0 Å². The van der Waals surface area contributed by atoms with E-state index in [0.29, 0.717) is 0 Å². The molecule has 3 N–H and O–H groups in total. The fraction of sp³-hybridized carbons (Fsp3) is 0.429. The number of hydrogen-bond donors (Lipinski definition) is 2. The van der Waals surface area contributed by atoms with E-state index in [1.807, 2.05) is 12.2 Å². The normalized spacial score (nSPS) is 18.8. The molecule has 0 aromatic rings. The van der Waals surface area contributed by atoms with E-state index in [1.165, 1.54) is 0 Å². The molecule has 2 nitrogen and oxygen atoms in total. The van der Waals surface area contributed by atoms with Crippen LogP contribution in [-0.2, 0) is 0 Å². The molecule has 0 saturated heterocycles. The summed E-state index contributed by atoms with van der Waals surface area (Å²) in [5.74, 6) is 0. The Balaban J connectivity index is 2.68. The highest BCUT2D eigenvalue weighted by atomic mass is 16.3. The van der Waals surface area contributed by atoms with Gasteiger partial charge in [0, 0.05) is 5.70 Å². The van der Waals surface area contributed by atoms with Crippen molar-refractivity contribution in [2.24, 2.45) is 5.73 Å². The van der Waals surface area contributed by atoms with Crippen molar-refractivity contribution in [1.29, 1.82) is 0 Å². The highest BCUT2D eigenvalue weighted by molar-refractivity contribution is 5.30. The van der Waals surface area contributed by atoms with Crippen molar-refractivity contribution in [3.8, 4) is 0 Å². The minimum atomic E-state index is 0.0718. The molecular weight excluding hydrogens is 114 g/mol. The maximum Gasteiger partial charge on any atom is 0.0698 e. The standard InChI is InChI=1S/C7H11NO/c8-7-4-2-1-3-6(7)5-9/h3-4,9H,1-2,5,8H2. The molecule has 0 fully saturated rings. The van der Waals surface area contributed by atoms with E-state index >= 15 is 0 Å². The predicted molar refractivity (Wildman–Crippen MR) is 36.7 cm³/mol. The van der Waals surface area contributed by atoms with E-state index in [-0.39, 0.29) is 6.61 Å². The van der Waals surface area contributed by atoms with Crippen LogP contribution in [0.2, 0.25) is 0 Å². The van der Waals surface area contributed by atoms with Crippen LogP contribution in [-0.4, -0.2) is 11.7 Å². The number of aliphatic hydroxyl groups excluding tert-OH is 1. The lowest BCUT2D eigenvalue weighted by Gasteiger charge is -2.08. The molecule has 1 aliphatic rings. The summed E-state index contributed by atoms with van der Waals surface area (Å²) in [5.41, 5.74) is 7.14. The predicted octanol–water partition coefficient (Wildman–Crippen LogP) is 0.542. The first kappa shape index (κ1) is 6.36. The summed E-state index contributed by atoms with van der Waals surface area (Å²) in [5, 5.41) is 8.67. The minimum absolute atomic E-state index is 0.0718. The third-order valence-corrected chi connectivity index (χ3v) is 1.46. The van der Waals surface area contributed by atoms with Gasteiger partial charge in [0.25, 0.3) is 0 Å². The van der Waals surface area contributed by atoms with Gasteiger partial charge < -0.3 is 10.8 Å². The van der Waals surface area contributed by atoms with Crippen LogP contribution in [0.15, 0.2) is 23.4 Å². The van der Waals surface area contributed by atoms with Gasteiger partial charge >= 0.3 is 0 Å². The molecule has 0 atom stereocenters. The van der Waals surface area contributed by atoms with Crippen molar-refractivity contribution < 1.29 is 5.11 Å². The summed E-state index contributed by atoms with van der Waals surface area (Å²) in [6.45, 7) is 0.0718. The van der Waals surface area contributed by atoms with Crippen LogP contribution in [0.4, 0.5) is 0 Å². The Hall–Kier alpha value is -0.760. The average molecular weight is 125 g/mol. The molecule has 1 rings (SSSR count). The van der Waals surface area contributed by atoms with Crippen molar-refractivity contribution in [2.75, 3.05) is 6.61 Å². The van der Waals surface area contributed by atoms with Gasteiger partial charge in [-0.2, -0.15) is 0 Å². The largest absolute Gasteiger partial charge is 0.399 e. The molecule has 0 aromatic heterocycles. The number of aliphatic hydroxyl groups is 1. The van der Waals surface area contributed by atoms with Crippen LogP contribution in [0.5, 0.6) is 0 Å². The second kappa shape index (κ2) is 2.69. The first-order valence-corrected chi connectivity index (χ1v) is 3.10. The number of allylic oxidation sites excluding steroid dienone is 2. The summed E-state index contributed by atoms with van der Waals surface area (Å²) < 4.78 is 0. The van der Waals surface area contributed by atoms with Gasteiger partial charge in [0.05, 0.1) is 6.61 Å². The Kier molecular flexibility index (Phi) is 1.90. The van der Waals surface area contributed by atoms with E-state index in [0.717, 1.165) is 24.1 Å². The van der Waals surface area contributed by atoms with Gasteiger partial charge in [-0.05, 0) is 18.4 Å². The van der Waals surface area contributed by atoms with Crippen molar-refractivity contribution >= 4 is 0 Å². The zero-order chi connectivity index (χ0) is 6.69. The van der Waals surface area contributed by atoms with Gasteiger partial charge in [0.2, 0.25) is 0 Å². The molecule has 1 aliphatic carbocycles. The lowest BCUT2D eigenvalue weighted by Crippen LogP contribution is -2.07. The first-order valence-electron chi connectivity index (χ1n) is 3.10. The first-order chi connectivity index (χ1) is 4.34. The summed E-state index contributed by atoms with van der Waals surface area (Å²) in [6.07, 6.45) is 5.95. The zero-order valence-corrected chi connectivity index (χ0v) is 5.30. The molecule has 0 aromatic carbocycles. The fourth-order valence-corrected chi connectivity index (χ4v) is 0.901. The Labute approximate surface area is 54.7 Å². The maximum atomic E-state index is 8.67. The Bertz CT molecular complexity index is 158. The van der Waals surface area contributed by atoms with Crippen LogP contribution >= 0.6 is 0 Å². The Morgan fingerprint density at radius 2 is 2.11 bits per heavy atom. The molecule has 9 heavy (non-hydrogen) atoms. The lowest BCUT2D eigenvalue weighted by atomic mass is 10.1. The van der Waals surface area contributed by atoms with Gasteiger partial charge in [-0.15, -0.1) is 0 Å². The van der Waals surface area contributed by atoms with Crippen LogP contribution in [0.1, 0.15) is 12.8 Å². The molecule has 0 heterocycles. The SMILES string of the molecule is NC1=CCCC=C1CO. The summed E-state index contributed by atoms with van der Waals surface area (Å²) in [7, 11) is 0. The maximum absolute atomic E-state index is 8.67. The molecule has 50 valence electrons. The summed E-state index contributed by atoms with van der Waals surface area (Å²) >= 11 is 0. The van der Waals surface area contributed by atoms with E-state index in [4.69, 9.17) is 10.8 Å². The molecule has 0 saturated carbocycles. The summed E-state index contributed by atoms with van der Waals surface area (Å²) in [4.78, 5) is 0. The second-order valence-corrected chi connectivity index (χ2v) is 2.12. The van der Waals surface area contributed by atoms with Gasteiger partial charge in [-0.1, -0.05) is 12.2 Å². The van der Waals surface area contributed by atoms with Gasteiger partial charge in [0.15, 0.2) is 0 Å². The third kappa shape index (κ3) is 1.33. The third-order valence-electron chi connectivity index (χ3n) is 1.46. The monoisotopic (exact) mass is 125 g/mol.